The van der Waals surface area contributed by atoms with Crippen molar-refractivity contribution in [2.24, 2.45) is 11.1 Å². The molecule has 43 heavy (non-hydrogen) atoms. The Bertz CT molecular complexity index is 1490. The predicted molar refractivity (Wildman–Crippen MR) is 164 cm³/mol. The van der Waals surface area contributed by atoms with Crippen molar-refractivity contribution in [2.75, 3.05) is 7.11 Å². The van der Waals surface area contributed by atoms with Crippen LogP contribution in [-0.2, 0) is 40.3 Å². The van der Waals surface area contributed by atoms with Crippen LogP contribution in [0.1, 0.15) is 77.8 Å². The second-order valence-corrected chi connectivity index (χ2v) is 12.6. The fourth-order valence-corrected chi connectivity index (χ4v) is 5.86. The molecule has 2 aliphatic rings. The number of esters is 1. The maximum absolute atomic E-state index is 13.9. The molecule has 1 aliphatic carbocycles. The molecule has 8 heteroatoms. The highest BCUT2D eigenvalue weighted by atomic mass is 16.5. The minimum atomic E-state index is -0.757. The Labute approximate surface area is 253 Å². The van der Waals surface area contributed by atoms with Gasteiger partial charge in [-0.2, -0.15) is 0 Å². The largest absolute Gasteiger partial charge is 0.489 e. The Morgan fingerprint density at radius 3 is 2.47 bits per heavy atom. The van der Waals surface area contributed by atoms with Crippen molar-refractivity contribution in [1.29, 1.82) is 0 Å². The van der Waals surface area contributed by atoms with E-state index in [0.717, 1.165) is 41.5 Å². The summed E-state index contributed by atoms with van der Waals surface area (Å²) in [4.78, 5) is 41.1. The number of methoxy groups -OCH3 is 1. The number of rotatable bonds is 7. The molecule has 3 aromatic rings. The molecule has 0 fully saturated rings. The molecule has 2 amide bonds. The van der Waals surface area contributed by atoms with Crippen LogP contribution >= 0.6 is 0 Å². The minimum Gasteiger partial charge on any atom is -0.489 e. The number of nitrogens with zero attached hydrogens (tertiary/aromatic N) is 1. The molecule has 0 spiro atoms. The van der Waals surface area contributed by atoms with E-state index in [2.05, 4.69) is 17.4 Å². The third-order valence-electron chi connectivity index (χ3n) is 8.56. The Hall–Kier alpha value is -4.17. The molecule has 0 radical (unpaired) electrons. The highest BCUT2D eigenvalue weighted by Crippen LogP contribution is 2.33. The van der Waals surface area contributed by atoms with Gasteiger partial charge in [0, 0.05) is 13.0 Å². The van der Waals surface area contributed by atoms with Gasteiger partial charge in [-0.1, -0.05) is 63.2 Å². The lowest BCUT2D eigenvalue weighted by atomic mass is 9.84. The van der Waals surface area contributed by atoms with Gasteiger partial charge in [0.15, 0.2) is 0 Å². The molecule has 0 aromatic heterocycles. The number of carbonyl (C=O) groups excluding carboxylic acids is 3. The van der Waals surface area contributed by atoms with Crippen LogP contribution in [0.4, 0.5) is 0 Å². The summed E-state index contributed by atoms with van der Waals surface area (Å²) >= 11 is 0. The highest BCUT2D eigenvalue weighted by Gasteiger charge is 2.40. The lowest BCUT2D eigenvalue weighted by molar-refractivity contribution is -0.145. The zero-order chi connectivity index (χ0) is 30.7. The van der Waals surface area contributed by atoms with Gasteiger partial charge < -0.3 is 25.4 Å². The van der Waals surface area contributed by atoms with Crippen molar-refractivity contribution >= 4 is 17.8 Å². The monoisotopic (exact) mass is 583 g/mol. The lowest BCUT2D eigenvalue weighted by Gasteiger charge is -2.40. The summed E-state index contributed by atoms with van der Waals surface area (Å²) in [6.45, 7) is 6.38. The topological polar surface area (TPSA) is 111 Å². The van der Waals surface area contributed by atoms with Crippen molar-refractivity contribution < 1.29 is 23.9 Å². The molecule has 3 N–H and O–H groups in total. The van der Waals surface area contributed by atoms with Gasteiger partial charge in [-0.05, 0) is 76.8 Å². The summed E-state index contributed by atoms with van der Waals surface area (Å²) in [6, 6.07) is 19.6. The van der Waals surface area contributed by atoms with Gasteiger partial charge in [-0.25, -0.2) is 4.79 Å². The number of ether oxygens (including phenoxy) is 2. The first-order chi connectivity index (χ1) is 20.5. The first-order valence-electron chi connectivity index (χ1n) is 14.9. The van der Waals surface area contributed by atoms with Gasteiger partial charge in [-0.3, -0.25) is 9.59 Å². The maximum atomic E-state index is 13.9. The highest BCUT2D eigenvalue weighted by molar-refractivity contribution is 5.91. The van der Waals surface area contributed by atoms with E-state index in [1.807, 2.05) is 63.2 Å². The molecule has 2 unspecified atom stereocenters. The average Bonchev–Trinajstić information content (AvgIpc) is 3.01. The predicted octanol–water partition coefficient (Wildman–Crippen LogP) is 4.87. The fourth-order valence-electron chi connectivity index (χ4n) is 5.86. The second-order valence-electron chi connectivity index (χ2n) is 12.6. The molecule has 3 atom stereocenters. The summed E-state index contributed by atoms with van der Waals surface area (Å²) < 4.78 is 10.8. The number of aryl methyl sites for hydroxylation is 1. The van der Waals surface area contributed by atoms with Crippen LogP contribution in [0.25, 0.3) is 0 Å². The van der Waals surface area contributed by atoms with E-state index >= 15 is 0 Å². The summed E-state index contributed by atoms with van der Waals surface area (Å²) in [5.41, 5.74) is 11.7. The van der Waals surface area contributed by atoms with E-state index < -0.39 is 17.5 Å². The third kappa shape index (κ3) is 6.75. The first-order valence-corrected chi connectivity index (χ1v) is 14.9. The lowest BCUT2D eigenvalue weighted by Crippen LogP contribution is -2.59. The van der Waals surface area contributed by atoms with Crippen molar-refractivity contribution in [3.8, 4) is 5.75 Å². The second kappa shape index (κ2) is 12.6. The van der Waals surface area contributed by atoms with Crippen molar-refractivity contribution in [2.45, 2.75) is 77.7 Å². The molecule has 0 saturated heterocycles. The quantitative estimate of drug-likeness (QED) is 0.384. The number of amides is 2. The van der Waals surface area contributed by atoms with Crippen LogP contribution in [0.5, 0.6) is 5.75 Å². The van der Waals surface area contributed by atoms with Gasteiger partial charge in [-0.15, -0.1) is 0 Å². The normalized spacial score (nSPS) is 18.6. The first kappa shape index (κ1) is 30.3. The van der Waals surface area contributed by atoms with Crippen LogP contribution < -0.4 is 15.8 Å². The van der Waals surface area contributed by atoms with E-state index in [4.69, 9.17) is 15.2 Å². The Kier molecular flexibility index (Phi) is 8.87. The van der Waals surface area contributed by atoms with Gasteiger partial charge in [0.1, 0.15) is 18.4 Å². The van der Waals surface area contributed by atoms with Crippen molar-refractivity contribution in [3.63, 3.8) is 0 Å². The van der Waals surface area contributed by atoms with Gasteiger partial charge >= 0.3 is 5.97 Å². The molecular formula is C35H41N3O5. The zero-order valence-corrected chi connectivity index (χ0v) is 25.4. The molecule has 1 heterocycles. The van der Waals surface area contributed by atoms with Gasteiger partial charge in [0.05, 0.1) is 24.8 Å². The molecular weight excluding hydrogens is 542 g/mol. The van der Waals surface area contributed by atoms with Crippen molar-refractivity contribution in [3.05, 3.63) is 100 Å². The van der Waals surface area contributed by atoms with E-state index in [1.165, 1.54) is 12.7 Å². The van der Waals surface area contributed by atoms with Crippen LogP contribution in [0.2, 0.25) is 0 Å². The number of benzene rings is 3. The van der Waals surface area contributed by atoms with Crippen molar-refractivity contribution in [1.82, 2.24) is 10.2 Å². The van der Waals surface area contributed by atoms with Crippen LogP contribution in [0, 0.1) is 5.41 Å². The summed E-state index contributed by atoms with van der Waals surface area (Å²) in [6.07, 6.45) is 3.28. The Balaban J connectivity index is 1.35. The van der Waals surface area contributed by atoms with E-state index in [0.29, 0.717) is 24.3 Å². The molecule has 0 saturated carbocycles. The summed E-state index contributed by atoms with van der Waals surface area (Å²) in [5, 5.41) is 3.28. The Morgan fingerprint density at radius 1 is 1.00 bits per heavy atom. The number of nitrogens with two attached hydrogens (primary N) is 1. The summed E-state index contributed by atoms with van der Waals surface area (Å²) in [5.74, 6) is -0.120. The number of fused-ring (bicyclic) bond motifs is 2. The van der Waals surface area contributed by atoms with Crippen LogP contribution in [-0.4, -0.2) is 41.9 Å². The Morgan fingerprint density at radius 2 is 1.74 bits per heavy atom. The summed E-state index contributed by atoms with van der Waals surface area (Å²) in [7, 11) is 1.35. The number of carbonyl (C=O) groups is 3. The SMILES string of the molecule is COC(=O)c1ccc(COc2ccc3c(c2)CN(C(=O)C(N)C(C)(C)C)C(C(=O)N[C@@H]2CCCc4ccccc42)C3)cc1. The van der Waals surface area contributed by atoms with Gasteiger partial charge in [0.2, 0.25) is 11.8 Å². The molecule has 8 nitrogen and oxygen atoms in total. The zero-order valence-electron chi connectivity index (χ0n) is 25.4. The van der Waals surface area contributed by atoms with E-state index in [1.54, 1.807) is 17.0 Å². The van der Waals surface area contributed by atoms with E-state index in [-0.39, 0.29) is 30.4 Å². The fraction of sp³-hybridized carbons (Fsp3) is 0.400. The maximum Gasteiger partial charge on any atom is 0.337 e. The third-order valence-corrected chi connectivity index (χ3v) is 8.56. The van der Waals surface area contributed by atoms with E-state index in [9.17, 15) is 14.4 Å². The molecule has 1 aliphatic heterocycles. The average molecular weight is 584 g/mol. The van der Waals surface area contributed by atoms with Crippen LogP contribution in [0.15, 0.2) is 66.7 Å². The molecule has 5 rings (SSSR count). The van der Waals surface area contributed by atoms with Gasteiger partial charge in [0.25, 0.3) is 0 Å². The number of nitrogens with one attached hydrogen (secondary N) is 1. The smallest absolute Gasteiger partial charge is 0.337 e. The number of hydrogen-bond donors (Lipinski definition) is 2. The molecule has 226 valence electrons. The minimum absolute atomic E-state index is 0.0791. The van der Waals surface area contributed by atoms with Crippen LogP contribution in [0.3, 0.4) is 0 Å². The number of hydrogen-bond acceptors (Lipinski definition) is 6. The molecule has 0 bridgehead atoms. The molecule has 3 aromatic carbocycles. The standard InChI is InChI=1S/C35H41N3O5/c1-35(2,3)31(36)33(40)38-20-26-18-27(43-21-22-12-14-24(15-13-22)34(41)42-4)17-16-25(26)19-30(38)32(39)37-29-11-7-9-23-8-5-6-10-28(23)29/h5-6,8,10,12-18,29-31H,7,9,11,19-21,36H2,1-4H3,(H,37,39)/t29-,30?,31?/m1/s1.